The molecule has 1 amide bonds. The molecule has 0 bridgehead atoms. The number of carbonyl (C=O) groups excluding carboxylic acids is 1. The van der Waals surface area contributed by atoms with Gasteiger partial charge in [0.2, 0.25) is 5.91 Å². The Morgan fingerprint density at radius 2 is 1.83 bits per heavy atom. The van der Waals surface area contributed by atoms with Crippen molar-refractivity contribution >= 4 is 17.7 Å². The average Bonchev–Trinajstić information content (AvgIpc) is 2.76. The van der Waals surface area contributed by atoms with Crippen LogP contribution in [0, 0.1) is 6.92 Å². The summed E-state index contributed by atoms with van der Waals surface area (Å²) >= 11 is 1.47. The number of methoxy groups -OCH3 is 1. The van der Waals surface area contributed by atoms with E-state index in [1.54, 1.807) is 14.0 Å². The number of ether oxygens (including phenoxy) is 1. The van der Waals surface area contributed by atoms with Crippen molar-refractivity contribution in [2.24, 2.45) is 0 Å². The summed E-state index contributed by atoms with van der Waals surface area (Å²) < 4.78 is 5.14. The van der Waals surface area contributed by atoms with Gasteiger partial charge in [-0.3, -0.25) is 9.59 Å². The molecular formula is C23H25N3O3S. The summed E-state index contributed by atoms with van der Waals surface area (Å²) in [6.07, 6.45) is 0.721. The van der Waals surface area contributed by atoms with E-state index < -0.39 is 0 Å². The molecule has 1 heterocycles. The van der Waals surface area contributed by atoms with Gasteiger partial charge in [-0.15, -0.1) is 0 Å². The molecule has 0 fully saturated rings. The highest BCUT2D eigenvalue weighted by Gasteiger charge is 2.13. The van der Waals surface area contributed by atoms with Gasteiger partial charge in [-0.2, -0.15) is 0 Å². The van der Waals surface area contributed by atoms with E-state index in [1.807, 2.05) is 54.6 Å². The molecule has 30 heavy (non-hydrogen) atoms. The number of aromatic nitrogens is 2. The summed E-state index contributed by atoms with van der Waals surface area (Å²) in [6, 6.07) is 17.7. The van der Waals surface area contributed by atoms with Crippen LogP contribution in [0.3, 0.4) is 0 Å². The van der Waals surface area contributed by atoms with Gasteiger partial charge < -0.3 is 15.0 Å². The zero-order chi connectivity index (χ0) is 21.3. The standard InChI is InChI=1S/C23H25N3O3S/c1-16-20(14-21(27)24-13-12-17-8-10-19(29-2)11-9-17)22(28)26-23(25-16)30-15-18-6-4-3-5-7-18/h3-11H,12-15H2,1-2H3,(H,24,27)(H,25,26,28). The van der Waals surface area contributed by atoms with E-state index in [9.17, 15) is 9.59 Å². The number of rotatable bonds is 9. The summed E-state index contributed by atoms with van der Waals surface area (Å²) in [5.41, 5.74) is 2.98. The molecule has 1 aromatic heterocycles. The first-order valence-electron chi connectivity index (χ1n) is 9.71. The van der Waals surface area contributed by atoms with Crippen LogP contribution >= 0.6 is 11.8 Å². The lowest BCUT2D eigenvalue weighted by molar-refractivity contribution is -0.120. The highest BCUT2D eigenvalue weighted by Crippen LogP contribution is 2.18. The van der Waals surface area contributed by atoms with Crippen LogP contribution in [0.25, 0.3) is 0 Å². The molecule has 2 N–H and O–H groups in total. The second kappa shape index (κ2) is 10.6. The van der Waals surface area contributed by atoms with E-state index in [0.29, 0.717) is 35.1 Å². The van der Waals surface area contributed by atoms with Crippen molar-refractivity contribution in [2.75, 3.05) is 13.7 Å². The number of aromatic amines is 1. The fraction of sp³-hybridized carbons (Fsp3) is 0.261. The maximum absolute atomic E-state index is 12.5. The zero-order valence-corrected chi connectivity index (χ0v) is 17.9. The Bertz CT molecular complexity index is 1030. The molecule has 0 aliphatic carbocycles. The zero-order valence-electron chi connectivity index (χ0n) is 17.1. The molecule has 0 saturated carbocycles. The number of hydrogen-bond donors (Lipinski definition) is 2. The van der Waals surface area contributed by atoms with Crippen molar-refractivity contribution in [3.63, 3.8) is 0 Å². The Kier molecular flexibility index (Phi) is 7.68. The molecule has 0 radical (unpaired) electrons. The number of amides is 1. The predicted octanol–water partition coefficient (Wildman–Crippen LogP) is 3.28. The number of benzene rings is 2. The Hall–Kier alpha value is -3.06. The minimum atomic E-state index is -0.261. The number of nitrogens with one attached hydrogen (secondary N) is 2. The molecule has 0 saturated heterocycles. The van der Waals surface area contributed by atoms with Crippen LogP contribution in [-0.2, 0) is 23.4 Å². The topological polar surface area (TPSA) is 84.1 Å². The van der Waals surface area contributed by atoms with Crippen LogP contribution in [0.15, 0.2) is 64.5 Å². The first kappa shape index (κ1) is 21.6. The number of thioether (sulfide) groups is 1. The van der Waals surface area contributed by atoms with Crippen LogP contribution in [0.5, 0.6) is 5.75 Å². The molecule has 0 spiro atoms. The van der Waals surface area contributed by atoms with E-state index in [1.165, 1.54) is 11.8 Å². The van der Waals surface area contributed by atoms with E-state index in [0.717, 1.165) is 16.9 Å². The molecule has 6 nitrogen and oxygen atoms in total. The van der Waals surface area contributed by atoms with Gasteiger partial charge in [-0.05, 0) is 36.6 Å². The number of carbonyl (C=O) groups is 1. The van der Waals surface area contributed by atoms with Crippen molar-refractivity contribution in [3.05, 3.63) is 87.3 Å². The van der Waals surface area contributed by atoms with Crippen molar-refractivity contribution in [3.8, 4) is 5.75 Å². The molecule has 3 rings (SSSR count). The quantitative estimate of drug-likeness (QED) is 0.408. The first-order chi connectivity index (χ1) is 14.5. The Labute approximate surface area is 180 Å². The van der Waals surface area contributed by atoms with Crippen LogP contribution in [0.2, 0.25) is 0 Å². The summed E-state index contributed by atoms with van der Waals surface area (Å²) in [5, 5.41) is 3.43. The van der Waals surface area contributed by atoms with E-state index in [4.69, 9.17) is 4.74 Å². The molecule has 0 aliphatic heterocycles. The lowest BCUT2D eigenvalue weighted by Crippen LogP contribution is -2.30. The van der Waals surface area contributed by atoms with Crippen molar-refractivity contribution in [2.45, 2.75) is 30.7 Å². The van der Waals surface area contributed by atoms with Crippen LogP contribution in [0.1, 0.15) is 22.4 Å². The van der Waals surface area contributed by atoms with Gasteiger partial charge >= 0.3 is 0 Å². The lowest BCUT2D eigenvalue weighted by atomic mass is 10.1. The minimum absolute atomic E-state index is 0.0143. The fourth-order valence-electron chi connectivity index (χ4n) is 2.95. The average molecular weight is 424 g/mol. The third-order valence-electron chi connectivity index (χ3n) is 4.65. The molecule has 0 aliphatic rings. The highest BCUT2D eigenvalue weighted by atomic mass is 32.2. The minimum Gasteiger partial charge on any atom is -0.497 e. The van der Waals surface area contributed by atoms with Crippen LogP contribution < -0.4 is 15.6 Å². The fourth-order valence-corrected chi connectivity index (χ4v) is 3.81. The summed E-state index contributed by atoms with van der Waals surface area (Å²) in [5.74, 6) is 1.33. The van der Waals surface area contributed by atoms with Gasteiger partial charge in [0, 0.05) is 23.6 Å². The lowest BCUT2D eigenvalue weighted by Gasteiger charge is -2.09. The highest BCUT2D eigenvalue weighted by molar-refractivity contribution is 7.98. The molecule has 3 aromatic rings. The Morgan fingerprint density at radius 1 is 1.10 bits per heavy atom. The largest absolute Gasteiger partial charge is 0.497 e. The molecule has 0 unspecified atom stereocenters. The maximum atomic E-state index is 12.5. The Morgan fingerprint density at radius 3 is 2.50 bits per heavy atom. The number of aryl methyl sites for hydroxylation is 1. The maximum Gasteiger partial charge on any atom is 0.255 e. The molecule has 7 heteroatoms. The third-order valence-corrected chi connectivity index (χ3v) is 5.60. The molecule has 156 valence electrons. The monoisotopic (exact) mass is 423 g/mol. The first-order valence-corrected chi connectivity index (χ1v) is 10.7. The van der Waals surface area contributed by atoms with Gasteiger partial charge in [-0.1, -0.05) is 54.2 Å². The number of hydrogen-bond acceptors (Lipinski definition) is 5. The van der Waals surface area contributed by atoms with Gasteiger partial charge in [0.25, 0.3) is 5.56 Å². The number of nitrogens with zero attached hydrogens (tertiary/aromatic N) is 1. The van der Waals surface area contributed by atoms with Gasteiger partial charge in [0.05, 0.1) is 13.5 Å². The van der Waals surface area contributed by atoms with Crippen molar-refractivity contribution in [1.29, 1.82) is 0 Å². The predicted molar refractivity (Wildman–Crippen MR) is 119 cm³/mol. The molecule has 0 atom stereocenters. The second-order valence-corrected chi connectivity index (χ2v) is 7.80. The summed E-state index contributed by atoms with van der Waals surface area (Å²) in [7, 11) is 1.63. The normalized spacial score (nSPS) is 10.6. The van der Waals surface area contributed by atoms with E-state index in [-0.39, 0.29) is 17.9 Å². The summed E-state index contributed by atoms with van der Waals surface area (Å²) in [6.45, 7) is 2.27. The molecular weight excluding hydrogens is 398 g/mol. The van der Waals surface area contributed by atoms with Crippen LogP contribution in [0.4, 0.5) is 0 Å². The van der Waals surface area contributed by atoms with Gasteiger partial charge in [-0.25, -0.2) is 4.98 Å². The second-order valence-electron chi connectivity index (χ2n) is 6.83. The van der Waals surface area contributed by atoms with Crippen molar-refractivity contribution < 1.29 is 9.53 Å². The molecule has 2 aromatic carbocycles. The Balaban J connectivity index is 1.52. The van der Waals surface area contributed by atoms with Gasteiger partial charge in [0.1, 0.15) is 5.75 Å². The van der Waals surface area contributed by atoms with Crippen LogP contribution in [-0.4, -0.2) is 29.5 Å². The summed E-state index contributed by atoms with van der Waals surface area (Å²) in [4.78, 5) is 32.0. The SMILES string of the molecule is COc1ccc(CCNC(=O)Cc2c(C)nc(SCc3ccccc3)[nH]c2=O)cc1. The smallest absolute Gasteiger partial charge is 0.255 e. The number of H-pyrrole nitrogens is 1. The van der Waals surface area contributed by atoms with E-state index in [2.05, 4.69) is 15.3 Å². The van der Waals surface area contributed by atoms with E-state index >= 15 is 0 Å². The van der Waals surface area contributed by atoms with Gasteiger partial charge in [0.15, 0.2) is 5.16 Å². The third kappa shape index (κ3) is 6.22. The van der Waals surface area contributed by atoms with Crippen molar-refractivity contribution in [1.82, 2.24) is 15.3 Å².